The van der Waals surface area contributed by atoms with Crippen molar-refractivity contribution in [3.8, 4) is 11.8 Å². The van der Waals surface area contributed by atoms with Gasteiger partial charge in [0.1, 0.15) is 0 Å². The van der Waals surface area contributed by atoms with Crippen LogP contribution in [0.15, 0.2) is 29.3 Å². The van der Waals surface area contributed by atoms with Gasteiger partial charge in [-0.05, 0) is 18.2 Å². The molecule has 80 valence electrons. The highest BCUT2D eigenvalue weighted by molar-refractivity contribution is 6.18. The lowest BCUT2D eigenvalue weighted by Gasteiger charge is -1.95. The maximum absolute atomic E-state index is 11.5. The van der Waals surface area contributed by atoms with Crippen LogP contribution in [0.1, 0.15) is 12.0 Å². The fourth-order valence-electron chi connectivity index (χ4n) is 1.36. The quantitative estimate of drug-likeness (QED) is 0.603. The van der Waals surface area contributed by atoms with E-state index in [4.69, 9.17) is 11.6 Å². The lowest BCUT2D eigenvalue weighted by Crippen LogP contribution is -2.06. The van der Waals surface area contributed by atoms with Crippen LogP contribution in [0.4, 0.5) is 0 Å². The molecule has 0 unspecified atom stereocenters. The molecule has 0 fully saturated rings. The van der Waals surface area contributed by atoms with Crippen LogP contribution in [0.5, 0.6) is 0 Å². The Balaban J connectivity index is 2.49. The van der Waals surface area contributed by atoms with Crippen molar-refractivity contribution in [2.75, 3.05) is 5.88 Å². The second kappa shape index (κ2) is 4.82. The molecule has 3 nitrogen and oxygen atoms in total. The van der Waals surface area contributed by atoms with E-state index >= 15 is 0 Å². The van der Waals surface area contributed by atoms with Crippen molar-refractivity contribution >= 4 is 22.5 Å². The maximum atomic E-state index is 11.5. The minimum absolute atomic E-state index is 0.147. The number of halogens is 1. The third kappa shape index (κ3) is 2.23. The Morgan fingerprint density at radius 2 is 2.31 bits per heavy atom. The summed E-state index contributed by atoms with van der Waals surface area (Å²) in [6.45, 7) is 0. The molecule has 0 spiro atoms. The molecule has 4 heteroatoms. The van der Waals surface area contributed by atoms with Gasteiger partial charge in [-0.1, -0.05) is 11.8 Å². The molecule has 0 aliphatic rings. The fraction of sp³-hybridized carbons (Fsp3) is 0.167. The Hall–Kier alpha value is -1.79. The van der Waals surface area contributed by atoms with Gasteiger partial charge in [-0.25, -0.2) is 4.98 Å². The van der Waals surface area contributed by atoms with Gasteiger partial charge in [0, 0.05) is 17.9 Å². The monoisotopic (exact) mass is 232 g/mol. The molecule has 0 aliphatic carbocycles. The minimum Gasteiger partial charge on any atom is -0.313 e. The van der Waals surface area contributed by atoms with Crippen LogP contribution >= 0.6 is 11.6 Å². The predicted octanol–water partition coefficient (Wildman–Crippen LogP) is 1.90. The fourth-order valence-corrected chi connectivity index (χ4v) is 1.45. The summed E-state index contributed by atoms with van der Waals surface area (Å²) < 4.78 is 0. The molecule has 0 aliphatic heterocycles. The standard InChI is InChI=1S/C12H9ClN2O/c13-6-2-1-3-9-4-5-11-10(7-9)12(16)15-8-14-11/h4-5,7-8H,2,6H2,(H,14,15,16). The molecule has 1 aromatic heterocycles. The van der Waals surface area contributed by atoms with E-state index in [2.05, 4.69) is 21.8 Å². The molecule has 2 aromatic rings. The first-order valence-electron chi connectivity index (χ1n) is 4.83. The second-order valence-corrected chi connectivity index (χ2v) is 3.58. The molecule has 0 radical (unpaired) electrons. The zero-order valence-electron chi connectivity index (χ0n) is 8.46. The Morgan fingerprint density at radius 1 is 1.44 bits per heavy atom. The third-order valence-electron chi connectivity index (χ3n) is 2.09. The van der Waals surface area contributed by atoms with E-state index in [0.717, 1.165) is 5.56 Å². The van der Waals surface area contributed by atoms with Gasteiger partial charge in [-0.2, -0.15) is 0 Å². The SMILES string of the molecule is O=c1[nH]cnc2ccc(C#CCCCl)cc12. The van der Waals surface area contributed by atoms with Crippen LogP contribution in [-0.2, 0) is 0 Å². The molecule has 1 N–H and O–H groups in total. The number of aromatic amines is 1. The zero-order chi connectivity index (χ0) is 11.4. The van der Waals surface area contributed by atoms with E-state index in [1.807, 2.05) is 6.07 Å². The van der Waals surface area contributed by atoms with E-state index in [-0.39, 0.29) is 5.56 Å². The summed E-state index contributed by atoms with van der Waals surface area (Å²) in [6, 6.07) is 5.37. The predicted molar refractivity (Wildman–Crippen MR) is 64.6 cm³/mol. The van der Waals surface area contributed by atoms with Gasteiger partial charge in [-0.15, -0.1) is 11.6 Å². The van der Waals surface area contributed by atoms with Crippen molar-refractivity contribution in [2.45, 2.75) is 6.42 Å². The number of fused-ring (bicyclic) bond motifs is 1. The van der Waals surface area contributed by atoms with Gasteiger partial charge in [0.25, 0.3) is 5.56 Å². The Bertz CT molecular complexity index is 622. The van der Waals surface area contributed by atoms with Crippen LogP contribution in [0.25, 0.3) is 10.9 Å². The number of nitrogens with zero attached hydrogens (tertiary/aromatic N) is 1. The van der Waals surface area contributed by atoms with Gasteiger partial charge >= 0.3 is 0 Å². The van der Waals surface area contributed by atoms with Crippen LogP contribution in [0, 0.1) is 11.8 Å². The van der Waals surface area contributed by atoms with E-state index in [1.165, 1.54) is 6.33 Å². The largest absolute Gasteiger partial charge is 0.313 e. The van der Waals surface area contributed by atoms with E-state index < -0.39 is 0 Å². The molecular formula is C12H9ClN2O. The number of alkyl halides is 1. The molecule has 1 aromatic carbocycles. The van der Waals surface area contributed by atoms with Crippen LogP contribution in [-0.4, -0.2) is 15.8 Å². The molecular weight excluding hydrogens is 224 g/mol. The lowest BCUT2D eigenvalue weighted by atomic mass is 10.1. The number of hydrogen-bond donors (Lipinski definition) is 1. The summed E-state index contributed by atoms with van der Waals surface area (Å²) in [6.07, 6.45) is 2.03. The van der Waals surface area contributed by atoms with Crippen molar-refractivity contribution in [1.82, 2.24) is 9.97 Å². The van der Waals surface area contributed by atoms with Crippen molar-refractivity contribution in [3.05, 3.63) is 40.4 Å². The maximum Gasteiger partial charge on any atom is 0.258 e. The smallest absolute Gasteiger partial charge is 0.258 e. The highest BCUT2D eigenvalue weighted by Crippen LogP contribution is 2.08. The number of rotatable bonds is 1. The zero-order valence-corrected chi connectivity index (χ0v) is 9.21. The van der Waals surface area contributed by atoms with Crippen molar-refractivity contribution in [3.63, 3.8) is 0 Å². The molecule has 0 atom stereocenters. The minimum atomic E-state index is -0.147. The normalized spacial score (nSPS) is 9.81. The first-order valence-corrected chi connectivity index (χ1v) is 5.37. The highest BCUT2D eigenvalue weighted by Gasteiger charge is 1.98. The number of aromatic nitrogens is 2. The average Bonchev–Trinajstić information content (AvgIpc) is 2.30. The third-order valence-corrected chi connectivity index (χ3v) is 2.28. The number of H-pyrrole nitrogens is 1. The second-order valence-electron chi connectivity index (χ2n) is 3.20. The van der Waals surface area contributed by atoms with E-state index in [9.17, 15) is 4.79 Å². The molecule has 2 rings (SSSR count). The lowest BCUT2D eigenvalue weighted by molar-refractivity contribution is 1.17. The summed E-state index contributed by atoms with van der Waals surface area (Å²) >= 11 is 5.52. The average molecular weight is 233 g/mol. The van der Waals surface area contributed by atoms with Crippen molar-refractivity contribution < 1.29 is 0 Å². The number of nitrogens with one attached hydrogen (secondary N) is 1. The van der Waals surface area contributed by atoms with Gasteiger partial charge < -0.3 is 4.98 Å². The van der Waals surface area contributed by atoms with Crippen LogP contribution in [0.3, 0.4) is 0 Å². The van der Waals surface area contributed by atoms with Gasteiger partial charge in [-0.3, -0.25) is 4.79 Å². The van der Waals surface area contributed by atoms with Crippen LogP contribution < -0.4 is 5.56 Å². The summed E-state index contributed by atoms with van der Waals surface area (Å²) in [5, 5.41) is 0.556. The first-order chi connectivity index (χ1) is 7.81. The van der Waals surface area contributed by atoms with E-state index in [0.29, 0.717) is 23.2 Å². The number of benzene rings is 1. The molecule has 1 heterocycles. The molecule has 0 saturated carbocycles. The van der Waals surface area contributed by atoms with Gasteiger partial charge in [0.15, 0.2) is 0 Å². The molecule has 0 bridgehead atoms. The molecule has 0 saturated heterocycles. The molecule has 16 heavy (non-hydrogen) atoms. The highest BCUT2D eigenvalue weighted by atomic mass is 35.5. The van der Waals surface area contributed by atoms with Gasteiger partial charge in [0.05, 0.1) is 17.2 Å². The topological polar surface area (TPSA) is 45.8 Å². The summed E-state index contributed by atoms with van der Waals surface area (Å²) in [4.78, 5) is 18.1. The van der Waals surface area contributed by atoms with Crippen LogP contribution in [0.2, 0.25) is 0 Å². The van der Waals surface area contributed by atoms with Gasteiger partial charge in [0.2, 0.25) is 0 Å². The molecule has 0 amide bonds. The number of hydrogen-bond acceptors (Lipinski definition) is 2. The summed E-state index contributed by atoms with van der Waals surface area (Å²) in [7, 11) is 0. The Kier molecular flexibility index (Phi) is 3.23. The van der Waals surface area contributed by atoms with E-state index in [1.54, 1.807) is 12.1 Å². The Morgan fingerprint density at radius 3 is 3.12 bits per heavy atom. The summed E-state index contributed by atoms with van der Waals surface area (Å²) in [5.41, 5.74) is 1.33. The first kappa shape index (κ1) is 10.7. The van der Waals surface area contributed by atoms with Crippen molar-refractivity contribution in [2.24, 2.45) is 0 Å². The van der Waals surface area contributed by atoms with Crippen molar-refractivity contribution in [1.29, 1.82) is 0 Å². The Labute approximate surface area is 97.5 Å². The summed E-state index contributed by atoms with van der Waals surface area (Å²) in [5.74, 6) is 6.39.